The van der Waals surface area contributed by atoms with Gasteiger partial charge in [-0.2, -0.15) is 28.9 Å². The van der Waals surface area contributed by atoms with Crippen LogP contribution in [0.4, 0.5) is 22.7 Å². The molecule has 0 fully saturated rings. The molecule has 4 aromatic rings. The van der Waals surface area contributed by atoms with Gasteiger partial charge in [0.2, 0.25) is 0 Å². The Hall–Kier alpha value is -4.67. The summed E-state index contributed by atoms with van der Waals surface area (Å²) < 4.78 is 44.8. The molecule has 0 aliphatic rings. The molecular weight excluding hydrogens is 528 g/mol. The molecule has 0 aliphatic carbocycles. The summed E-state index contributed by atoms with van der Waals surface area (Å²) in [6, 6.07) is 26.1. The van der Waals surface area contributed by atoms with Crippen molar-refractivity contribution in [3.05, 3.63) is 102 Å². The molecule has 0 spiro atoms. The first-order chi connectivity index (χ1) is 19.3. The maximum absolute atomic E-state index is 12.1. The molecule has 0 unspecified atom stereocenters. The van der Waals surface area contributed by atoms with E-state index in [0.717, 1.165) is 11.3 Å². The molecule has 0 saturated carbocycles. The Labute approximate surface area is 233 Å². The van der Waals surface area contributed by atoms with Gasteiger partial charge in [-0.15, -0.1) is 0 Å². The number of ether oxygens (including phenoxy) is 2. The van der Waals surface area contributed by atoms with Gasteiger partial charge in [-0.3, -0.25) is 4.55 Å². The summed E-state index contributed by atoms with van der Waals surface area (Å²) in [5.74, 6) is 1.49. The Morgan fingerprint density at radius 3 is 1.50 bits per heavy atom. The average Bonchev–Trinajstić information content (AvgIpc) is 2.96. The van der Waals surface area contributed by atoms with E-state index in [2.05, 4.69) is 20.5 Å². The highest BCUT2D eigenvalue weighted by atomic mass is 32.2. The first-order valence-corrected chi connectivity index (χ1v) is 14.0. The Morgan fingerprint density at radius 2 is 1.05 bits per heavy atom. The van der Waals surface area contributed by atoms with Crippen LogP contribution < -0.4 is 9.47 Å². The minimum absolute atomic E-state index is 0.271. The van der Waals surface area contributed by atoms with Crippen LogP contribution in [0.3, 0.4) is 0 Å². The van der Waals surface area contributed by atoms with E-state index in [9.17, 15) is 13.0 Å². The van der Waals surface area contributed by atoms with E-state index in [-0.39, 0.29) is 10.6 Å². The third kappa shape index (κ3) is 8.16. The molecule has 40 heavy (non-hydrogen) atoms. The van der Waals surface area contributed by atoms with E-state index < -0.39 is 10.1 Å². The molecule has 1 N–H and O–H groups in total. The Balaban J connectivity index is 1.46. The summed E-state index contributed by atoms with van der Waals surface area (Å²) in [6.45, 7) is 4.98. The van der Waals surface area contributed by atoms with Gasteiger partial charge in [0, 0.05) is 0 Å². The normalized spacial score (nSPS) is 12.0. The highest BCUT2D eigenvalue weighted by Crippen LogP contribution is 2.27. The van der Waals surface area contributed by atoms with Crippen molar-refractivity contribution in [3.8, 4) is 11.5 Å². The summed E-state index contributed by atoms with van der Waals surface area (Å²) in [5.41, 5.74) is 3.33. The van der Waals surface area contributed by atoms with Gasteiger partial charge >= 0.3 is 0 Å². The molecule has 10 heteroatoms. The zero-order chi connectivity index (χ0) is 28.4. The van der Waals surface area contributed by atoms with E-state index in [1.807, 2.05) is 50.2 Å². The third-order valence-electron chi connectivity index (χ3n) is 5.48. The lowest BCUT2D eigenvalue weighted by molar-refractivity contribution is 0.340. The molecule has 0 heterocycles. The predicted octanol–water partition coefficient (Wildman–Crippen LogP) is 8.73. The van der Waals surface area contributed by atoms with Crippen molar-refractivity contribution in [2.75, 3.05) is 13.2 Å². The Morgan fingerprint density at radius 1 is 0.625 bits per heavy atom. The number of hydrogen-bond donors (Lipinski definition) is 1. The van der Waals surface area contributed by atoms with Gasteiger partial charge in [0.05, 0.1) is 36.0 Å². The number of benzene rings is 4. The molecule has 0 radical (unpaired) electrons. The highest BCUT2D eigenvalue weighted by molar-refractivity contribution is 7.86. The van der Waals surface area contributed by atoms with E-state index in [1.54, 1.807) is 60.7 Å². The smallest absolute Gasteiger partial charge is 0.295 e. The first kappa shape index (κ1) is 28.3. The summed E-state index contributed by atoms with van der Waals surface area (Å²) in [7, 11) is -4.51. The standard InChI is InChI=1S/C30H28N4O5S/c1-3-38-28-17-13-25(14-18-28)32-31-24-10-6-22(7-11-24)5-8-23-9-12-27(21-30(23)40(35,36)37)34-33-26-15-19-29(20-16-26)39-4-2/h5-21H,3-4H2,1-2H3,(H,35,36,37)/b8-5+,32-31?,34-33?. The third-order valence-corrected chi connectivity index (χ3v) is 6.39. The largest absolute Gasteiger partial charge is 0.494 e. The predicted molar refractivity (Wildman–Crippen MR) is 155 cm³/mol. The lowest BCUT2D eigenvalue weighted by Gasteiger charge is -2.05. The fraction of sp³-hybridized carbons (Fsp3) is 0.133. The second-order valence-corrected chi connectivity index (χ2v) is 9.77. The number of hydrogen-bond acceptors (Lipinski definition) is 8. The van der Waals surface area contributed by atoms with Crippen molar-refractivity contribution < 1.29 is 22.4 Å². The maximum Gasteiger partial charge on any atom is 0.295 e. The minimum Gasteiger partial charge on any atom is -0.494 e. The zero-order valence-electron chi connectivity index (χ0n) is 22.0. The van der Waals surface area contributed by atoms with Crippen LogP contribution in [0.5, 0.6) is 11.5 Å². The van der Waals surface area contributed by atoms with Crippen molar-refractivity contribution in [2.24, 2.45) is 20.5 Å². The lowest BCUT2D eigenvalue weighted by Crippen LogP contribution is -2.00. The topological polar surface area (TPSA) is 122 Å². The number of azo groups is 2. The molecule has 0 aliphatic heterocycles. The molecule has 9 nitrogen and oxygen atoms in total. The van der Waals surface area contributed by atoms with Gasteiger partial charge in [-0.05, 0) is 97.8 Å². The van der Waals surface area contributed by atoms with Crippen molar-refractivity contribution in [1.82, 2.24) is 0 Å². The Bertz CT molecular complexity index is 1610. The van der Waals surface area contributed by atoms with Gasteiger partial charge in [0.1, 0.15) is 16.4 Å². The molecule has 204 valence electrons. The summed E-state index contributed by atoms with van der Waals surface area (Å²) in [4.78, 5) is -0.271. The number of rotatable bonds is 11. The van der Waals surface area contributed by atoms with Crippen molar-refractivity contribution in [2.45, 2.75) is 18.7 Å². The van der Waals surface area contributed by atoms with Crippen molar-refractivity contribution in [1.29, 1.82) is 0 Å². The fourth-order valence-corrected chi connectivity index (χ4v) is 4.27. The van der Waals surface area contributed by atoms with Crippen LogP contribution in [0.15, 0.2) is 116 Å². The lowest BCUT2D eigenvalue weighted by atomic mass is 10.1. The quantitative estimate of drug-likeness (QED) is 0.112. The first-order valence-electron chi connectivity index (χ1n) is 12.5. The van der Waals surface area contributed by atoms with Crippen LogP contribution in [0, 0.1) is 0 Å². The van der Waals surface area contributed by atoms with E-state index in [1.165, 1.54) is 6.07 Å². The summed E-state index contributed by atoms with van der Waals surface area (Å²) in [6.07, 6.45) is 3.34. The van der Waals surface area contributed by atoms with Gasteiger partial charge in [0.25, 0.3) is 10.1 Å². The fourth-order valence-electron chi connectivity index (χ4n) is 3.57. The summed E-state index contributed by atoms with van der Waals surface area (Å²) in [5, 5.41) is 16.7. The van der Waals surface area contributed by atoms with Crippen LogP contribution in [-0.2, 0) is 10.1 Å². The number of nitrogens with zero attached hydrogens (tertiary/aromatic N) is 4. The van der Waals surface area contributed by atoms with E-state index in [0.29, 0.717) is 41.6 Å². The molecular formula is C30H28N4O5S. The Kier molecular flexibility index (Phi) is 9.50. The van der Waals surface area contributed by atoms with Gasteiger partial charge < -0.3 is 9.47 Å². The summed E-state index contributed by atoms with van der Waals surface area (Å²) >= 11 is 0. The van der Waals surface area contributed by atoms with Gasteiger partial charge in [0.15, 0.2) is 0 Å². The monoisotopic (exact) mass is 556 g/mol. The molecule has 0 bridgehead atoms. The maximum atomic E-state index is 12.1. The molecule has 0 aromatic heterocycles. The van der Waals surface area contributed by atoms with E-state index >= 15 is 0 Å². The molecule has 4 rings (SSSR count). The minimum atomic E-state index is -4.51. The zero-order valence-corrected chi connectivity index (χ0v) is 22.8. The van der Waals surface area contributed by atoms with Crippen LogP contribution in [0.2, 0.25) is 0 Å². The second-order valence-electron chi connectivity index (χ2n) is 8.38. The highest BCUT2D eigenvalue weighted by Gasteiger charge is 2.15. The van der Waals surface area contributed by atoms with Crippen LogP contribution in [0.1, 0.15) is 25.0 Å². The molecule has 0 amide bonds. The van der Waals surface area contributed by atoms with Gasteiger partial charge in [-0.25, -0.2) is 0 Å². The van der Waals surface area contributed by atoms with Crippen LogP contribution in [-0.4, -0.2) is 26.2 Å². The SMILES string of the molecule is CCOc1ccc(N=Nc2ccc(/C=C/c3ccc(N=Nc4ccc(OCC)cc4)cc3S(=O)(=O)O)cc2)cc1. The van der Waals surface area contributed by atoms with Gasteiger partial charge in [-0.1, -0.05) is 30.4 Å². The second kappa shape index (κ2) is 13.4. The van der Waals surface area contributed by atoms with Crippen LogP contribution >= 0.6 is 0 Å². The molecule has 0 saturated heterocycles. The van der Waals surface area contributed by atoms with E-state index in [4.69, 9.17) is 9.47 Å². The average molecular weight is 557 g/mol. The molecule has 0 atom stereocenters. The van der Waals surface area contributed by atoms with Crippen LogP contribution in [0.25, 0.3) is 12.2 Å². The van der Waals surface area contributed by atoms with Crippen molar-refractivity contribution in [3.63, 3.8) is 0 Å². The van der Waals surface area contributed by atoms with Crippen molar-refractivity contribution >= 4 is 45.0 Å². The molecule has 4 aromatic carbocycles.